The molecule has 30 heavy (non-hydrogen) atoms. The maximum absolute atomic E-state index is 13.1. The van der Waals surface area contributed by atoms with Crippen molar-refractivity contribution in [2.75, 3.05) is 10.2 Å². The summed E-state index contributed by atoms with van der Waals surface area (Å²) in [6.45, 7) is 3.78. The number of nitrogens with zero attached hydrogens (tertiary/aromatic N) is 3. The molecule has 3 aliphatic rings. The summed E-state index contributed by atoms with van der Waals surface area (Å²) in [5.74, 6) is 1.19. The van der Waals surface area contributed by atoms with Crippen LogP contribution in [0, 0.1) is 0 Å². The zero-order valence-electron chi connectivity index (χ0n) is 16.8. The van der Waals surface area contributed by atoms with Crippen LogP contribution in [0.15, 0.2) is 29.3 Å². The Morgan fingerprint density at radius 3 is 2.80 bits per heavy atom. The third kappa shape index (κ3) is 3.10. The number of benzene rings is 1. The molecule has 0 saturated heterocycles. The number of aromatic nitrogens is 2. The average Bonchev–Trinajstić information content (AvgIpc) is 3.31. The van der Waals surface area contributed by atoms with E-state index in [1.54, 1.807) is 43.1 Å². The highest BCUT2D eigenvalue weighted by molar-refractivity contribution is 7.89. The van der Waals surface area contributed by atoms with Gasteiger partial charge in [0.1, 0.15) is 0 Å². The van der Waals surface area contributed by atoms with Crippen LogP contribution in [-0.4, -0.2) is 35.9 Å². The number of fused-ring (bicyclic) bond motifs is 2. The van der Waals surface area contributed by atoms with Gasteiger partial charge in [0.2, 0.25) is 16.0 Å². The van der Waals surface area contributed by atoms with Gasteiger partial charge in [-0.25, -0.2) is 18.1 Å². The molecule has 0 unspecified atom stereocenters. The molecule has 1 fully saturated rings. The van der Waals surface area contributed by atoms with E-state index < -0.39 is 15.6 Å². The predicted octanol–water partition coefficient (Wildman–Crippen LogP) is 2.46. The van der Waals surface area contributed by atoms with Gasteiger partial charge in [0.25, 0.3) is 5.91 Å². The summed E-state index contributed by atoms with van der Waals surface area (Å²) in [4.78, 5) is 24.1. The number of hydrogen-bond acceptors (Lipinski definition) is 7. The lowest BCUT2D eigenvalue weighted by Crippen LogP contribution is -2.55. The SMILES string of the molecule is CC1(C)Oc2cnc(Nc3ccc4c(c3)CNS4(=O)=O)nc2N(C2CCCC2)C1=O. The molecule has 158 valence electrons. The summed E-state index contributed by atoms with van der Waals surface area (Å²) in [6.07, 6.45) is 5.65. The van der Waals surface area contributed by atoms with Crippen molar-refractivity contribution in [3.8, 4) is 5.75 Å². The zero-order chi connectivity index (χ0) is 21.1. The highest BCUT2D eigenvalue weighted by atomic mass is 32.2. The minimum Gasteiger partial charge on any atom is -0.472 e. The van der Waals surface area contributed by atoms with Crippen LogP contribution in [0.5, 0.6) is 5.75 Å². The Balaban J connectivity index is 1.48. The number of rotatable bonds is 3. The van der Waals surface area contributed by atoms with E-state index in [0.717, 1.165) is 25.7 Å². The van der Waals surface area contributed by atoms with Crippen LogP contribution in [-0.2, 0) is 21.4 Å². The van der Waals surface area contributed by atoms with E-state index in [0.29, 0.717) is 28.8 Å². The van der Waals surface area contributed by atoms with Gasteiger partial charge in [-0.3, -0.25) is 9.69 Å². The Morgan fingerprint density at radius 2 is 2.03 bits per heavy atom. The molecule has 2 aliphatic heterocycles. The molecule has 0 spiro atoms. The van der Waals surface area contributed by atoms with Crippen molar-refractivity contribution in [3.63, 3.8) is 0 Å². The molecule has 3 heterocycles. The van der Waals surface area contributed by atoms with Crippen LogP contribution in [0.3, 0.4) is 0 Å². The molecular formula is C20H23N5O4S. The van der Waals surface area contributed by atoms with Crippen molar-refractivity contribution < 1.29 is 17.9 Å². The number of carbonyl (C=O) groups excluding carboxylic acids is 1. The van der Waals surface area contributed by atoms with Crippen LogP contribution >= 0.6 is 0 Å². The predicted molar refractivity (Wildman–Crippen MR) is 110 cm³/mol. The summed E-state index contributed by atoms with van der Waals surface area (Å²) in [5.41, 5.74) is 0.390. The van der Waals surface area contributed by atoms with Crippen LogP contribution in [0.1, 0.15) is 45.1 Å². The molecule has 9 nitrogen and oxygen atoms in total. The lowest BCUT2D eigenvalue weighted by Gasteiger charge is -2.40. The molecule has 0 bridgehead atoms. The summed E-state index contributed by atoms with van der Waals surface area (Å²) in [5, 5.41) is 3.12. The normalized spacial score (nSPS) is 21.8. The number of sulfonamides is 1. The van der Waals surface area contributed by atoms with Gasteiger partial charge >= 0.3 is 0 Å². The van der Waals surface area contributed by atoms with Gasteiger partial charge in [-0.2, -0.15) is 4.98 Å². The number of carbonyl (C=O) groups is 1. The van der Waals surface area contributed by atoms with Gasteiger partial charge in [-0.05, 0) is 50.5 Å². The third-order valence-electron chi connectivity index (χ3n) is 5.81. The van der Waals surface area contributed by atoms with Crippen LogP contribution in [0.25, 0.3) is 0 Å². The van der Waals surface area contributed by atoms with Crippen molar-refractivity contribution in [3.05, 3.63) is 30.0 Å². The first-order valence-electron chi connectivity index (χ1n) is 10.0. The summed E-state index contributed by atoms with van der Waals surface area (Å²) in [7, 11) is -3.41. The topological polar surface area (TPSA) is 114 Å². The van der Waals surface area contributed by atoms with Gasteiger partial charge < -0.3 is 10.1 Å². The van der Waals surface area contributed by atoms with E-state index in [4.69, 9.17) is 4.74 Å². The van der Waals surface area contributed by atoms with Crippen molar-refractivity contribution >= 4 is 33.4 Å². The summed E-state index contributed by atoms with van der Waals surface area (Å²) >= 11 is 0. The first-order chi connectivity index (χ1) is 14.2. The van der Waals surface area contributed by atoms with Crippen molar-refractivity contribution in [1.82, 2.24) is 14.7 Å². The van der Waals surface area contributed by atoms with Crippen molar-refractivity contribution in [2.45, 2.75) is 62.6 Å². The Labute approximate surface area is 174 Å². The highest BCUT2D eigenvalue weighted by Gasteiger charge is 2.45. The first-order valence-corrected chi connectivity index (χ1v) is 11.5. The number of nitrogens with one attached hydrogen (secondary N) is 2. The number of amides is 1. The fourth-order valence-corrected chi connectivity index (χ4v) is 5.53. The van der Waals surface area contributed by atoms with Gasteiger partial charge in [-0.1, -0.05) is 12.8 Å². The minimum absolute atomic E-state index is 0.0969. The molecular weight excluding hydrogens is 406 g/mol. The van der Waals surface area contributed by atoms with E-state index in [1.165, 1.54) is 0 Å². The van der Waals surface area contributed by atoms with Crippen molar-refractivity contribution in [2.24, 2.45) is 0 Å². The summed E-state index contributed by atoms with van der Waals surface area (Å²) < 4.78 is 32.2. The second-order valence-electron chi connectivity index (χ2n) is 8.38. The van der Waals surface area contributed by atoms with Crippen LogP contribution < -0.4 is 19.7 Å². The molecule has 1 aliphatic carbocycles. The number of hydrogen-bond donors (Lipinski definition) is 2. The maximum Gasteiger partial charge on any atom is 0.272 e. The molecule has 5 rings (SSSR count). The monoisotopic (exact) mass is 429 g/mol. The smallest absolute Gasteiger partial charge is 0.272 e. The minimum atomic E-state index is -3.41. The van der Waals surface area contributed by atoms with E-state index in [9.17, 15) is 13.2 Å². The molecule has 0 radical (unpaired) electrons. The second-order valence-corrected chi connectivity index (χ2v) is 10.1. The van der Waals surface area contributed by atoms with E-state index in [1.807, 2.05) is 0 Å². The first kappa shape index (κ1) is 19.3. The lowest BCUT2D eigenvalue weighted by atomic mass is 10.0. The average molecular weight is 430 g/mol. The van der Waals surface area contributed by atoms with Gasteiger partial charge in [-0.15, -0.1) is 0 Å². The molecule has 1 saturated carbocycles. The molecule has 2 aromatic rings. The fraction of sp³-hybridized carbons (Fsp3) is 0.450. The summed E-state index contributed by atoms with van der Waals surface area (Å²) in [6, 6.07) is 5.10. The number of anilines is 3. The molecule has 1 aromatic carbocycles. The molecule has 1 amide bonds. The Kier molecular flexibility index (Phi) is 4.26. The Bertz CT molecular complexity index is 1140. The van der Waals surface area contributed by atoms with E-state index in [-0.39, 0.29) is 23.4 Å². The zero-order valence-corrected chi connectivity index (χ0v) is 17.6. The largest absolute Gasteiger partial charge is 0.472 e. The quantitative estimate of drug-likeness (QED) is 0.770. The number of ether oxygens (including phenoxy) is 1. The van der Waals surface area contributed by atoms with Gasteiger partial charge in [0.05, 0.1) is 11.1 Å². The van der Waals surface area contributed by atoms with E-state index in [2.05, 4.69) is 20.0 Å². The Morgan fingerprint density at radius 1 is 1.27 bits per heavy atom. The molecule has 2 N–H and O–H groups in total. The third-order valence-corrected chi connectivity index (χ3v) is 7.31. The maximum atomic E-state index is 13.1. The highest BCUT2D eigenvalue weighted by Crippen LogP contribution is 2.40. The lowest BCUT2D eigenvalue weighted by molar-refractivity contribution is -0.133. The molecule has 1 aromatic heterocycles. The molecule has 10 heteroatoms. The van der Waals surface area contributed by atoms with Crippen LogP contribution in [0.4, 0.5) is 17.5 Å². The van der Waals surface area contributed by atoms with Gasteiger partial charge in [0.15, 0.2) is 17.2 Å². The molecule has 0 atom stereocenters. The fourth-order valence-electron chi connectivity index (χ4n) is 4.31. The van der Waals surface area contributed by atoms with Crippen LogP contribution in [0.2, 0.25) is 0 Å². The Hall–Kier alpha value is -2.72. The second kappa shape index (κ2) is 6.64. The van der Waals surface area contributed by atoms with E-state index >= 15 is 0 Å². The standard InChI is InChI=1S/C20H23N5O4S/c1-20(2)18(26)25(14-5-3-4-6-14)17-15(29-20)11-21-19(24-17)23-13-7-8-16-12(9-13)10-22-30(16,27)28/h7-9,11,14,22H,3-6,10H2,1-2H3,(H,21,23,24). The van der Waals surface area contributed by atoms with Gasteiger partial charge in [0, 0.05) is 18.3 Å². The van der Waals surface area contributed by atoms with Crippen molar-refractivity contribution in [1.29, 1.82) is 0 Å².